The van der Waals surface area contributed by atoms with Crippen molar-refractivity contribution in [3.05, 3.63) is 112 Å². The number of ether oxygens (including phenoxy) is 1. The van der Waals surface area contributed by atoms with Crippen molar-refractivity contribution in [3.8, 4) is 0 Å². The van der Waals surface area contributed by atoms with Crippen LogP contribution in [-0.4, -0.2) is 45.1 Å². The molecule has 4 rings (SSSR count). The normalized spacial score (nSPS) is 19.9. The lowest BCUT2D eigenvalue weighted by molar-refractivity contribution is -0.384. The first kappa shape index (κ1) is 25.0. The number of nitrogens with zero attached hydrogens (tertiary/aromatic N) is 3. The van der Waals surface area contributed by atoms with E-state index < -0.39 is 35.0 Å². The van der Waals surface area contributed by atoms with Gasteiger partial charge in [0.25, 0.3) is 11.6 Å². The van der Waals surface area contributed by atoms with Crippen LogP contribution in [0.1, 0.15) is 35.8 Å². The Labute approximate surface area is 208 Å². The number of hydrogen-bond donors (Lipinski definition) is 1. The van der Waals surface area contributed by atoms with Gasteiger partial charge in [-0.05, 0) is 42.2 Å². The number of benzene rings is 3. The Hall–Kier alpha value is -4.08. The van der Waals surface area contributed by atoms with E-state index in [1.807, 2.05) is 67.6 Å². The largest absolute Gasteiger partial charge is 0.438 e. The van der Waals surface area contributed by atoms with Crippen LogP contribution in [0.3, 0.4) is 0 Å². The second-order valence-electron chi connectivity index (χ2n) is 8.77. The Morgan fingerprint density at radius 3 is 2.19 bits per heavy atom. The first-order valence-corrected chi connectivity index (χ1v) is 11.6. The predicted molar refractivity (Wildman–Crippen MR) is 131 cm³/mol. The zero-order chi connectivity index (χ0) is 25.8. The van der Waals surface area contributed by atoms with Crippen molar-refractivity contribution in [2.45, 2.75) is 31.6 Å². The molecule has 3 aromatic carbocycles. The molecule has 0 spiro atoms. The van der Waals surface area contributed by atoms with Crippen molar-refractivity contribution in [1.82, 2.24) is 10.0 Å². The fourth-order valence-corrected chi connectivity index (χ4v) is 4.38. The number of hydrogen-bond acceptors (Lipinski definition) is 7. The van der Waals surface area contributed by atoms with E-state index in [4.69, 9.17) is 4.74 Å². The third kappa shape index (κ3) is 5.12. The molecule has 9 nitrogen and oxygen atoms in total. The number of imide groups is 1. The maximum atomic E-state index is 13.8. The molecule has 1 saturated heterocycles. The maximum absolute atomic E-state index is 13.8. The number of rotatable bonds is 7. The minimum atomic E-state index is -1.32. The molecule has 0 radical (unpaired) electrons. The van der Waals surface area contributed by atoms with Gasteiger partial charge in [0.05, 0.1) is 23.0 Å². The van der Waals surface area contributed by atoms with Crippen LogP contribution in [0.15, 0.2) is 84.9 Å². The van der Waals surface area contributed by atoms with E-state index in [9.17, 15) is 24.8 Å². The molecule has 2 amide bonds. The Kier molecular flexibility index (Phi) is 7.42. The van der Waals surface area contributed by atoms with E-state index >= 15 is 0 Å². The van der Waals surface area contributed by atoms with Gasteiger partial charge in [-0.25, -0.2) is 9.80 Å². The average molecular weight is 490 g/mol. The number of carbonyl (C=O) groups is 2. The summed E-state index contributed by atoms with van der Waals surface area (Å²) in [6, 6.07) is 23.5. The molecule has 36 heavy (non-hydrogen) atoms. The van der Waals surface area contributed by atoms with Crippen molar-refractivity contribution in [2.24, 2.45) is 5.92 Å². The molecule has 186 valence electrons. The van der Waals surface area contributed by atoms with Crippen LogP contribution in [0, 0.1) is 16.0 Å². The van der Waals surface area contributed by atoms with E-state index in [1.165, 1.54) is 29.3 Å². The second kappa shape index (κ2) is 10.7. The third-order valence-electron chi connectivity index (χ3n) is 6.52. The van der Waals surface area contributed by atoms with Gasteiger partial charge in [-0.2, -0.15) is 5.01 Å². The number of non-ortho nitro benzene ring substituents is 1. The van der Waals surface area contributed by atoms with Crippen molar-refractivity contribution < 1.29 is 24.4 Å². The first-order valence-electron chi connectivity index (χ1n) is 11.6. The van der Waals surface area contributed by atoms with Crippen LogP contribution in [0.5, 0.6) is 0 Å². The van der Waals surface area contributed by atoms with Gasteiger partial charge in [0.15, 0.2) is 0 Å². The fourth-order valence-electron chi connectivity index (χ4n) is 4.38. The highest BCUT2D eigenvalue weighted by Gasteiger charge is 2.45. The molecular weight excluding hydrogens is 462 g/mol. The van der Waals surface area contributed by atoms with Crippen molar-refractivity contribution in [1.29, 1.82) is 0 Å². The predicted octanol–water partition coefficient (Wildman–Crippen LogP) is 4.44. The van der Waals surface area contributed by atoms with Gasteiger partial charge in [-0.1, -0.05) is 60.7 Å². The molecule has 1 aliphatic rings. The first-order chi connectivity index (χ1) is 17.3. The van der Waals surface area contributed by atoms with E-state index in [-0.39, 0.29) is 18.2 Å². The SMILES string of the molecule is C[C@H]1[C@@H](c2ccccc2)OC(=O)N(C(=O)[C@@H](Cc2ccccc2)[C@H](O)c2ccc([N+](=O)[O-])cc2)N1C. The monoisotopic (exact) mass is 489 g/mol. The molecule has 9 heteroatoms. The van der Waals surface area contributed by atoms with Gasteiger partial charge in [0.2, 0.25) is 0 Å². The highest BCUT2D eigenvalue weighted by atomic mass is 16.6. The zero-order valence-electron chi connectivity index (χ0n) is 19.9. The Balaban J connectivity index is 1.64. The summed E-state index contributed by atoms with van der Waals surface area (Å²) < 4.78 is 5.68. The Morgan fingerprint density at radius 1 is 1.03 bits per heavy atom. The summed E-state index contributed by atoms with van der Waals surface area (Å²) in [7, 11) is 1.64. The maximum Gasteiger partial charge on any atom is 0.432 e. The van der Waals surface area contributed by atoms with Gasteiger partial charge in [-0.15, -0.1) is 0 Å². The molecule has 0 unspecified atom stereocenters. The van der Waals surface area contributed by atoms with Crippen LogP contribution in [0.4, 0.5) is 10.5 Å². The number of nitro benzene ring substituents is 1. The van der Waals surface area contributed by atoms with E-state index in [1.54, 1.807) is 7.05 Å². The number of cyclic esters (lactones) is 1. The minimum Gasteiger partial charge on any atom is -0.438 e. The smallest absolute Gasteiger partial charge is 0.432 e. The molecule has 1 fully saturated rings. The van der Waals surface area contributed by atoms with Crippen LogP contribution in [0.2, 0.25) is 0 Å². The summed E-state index contributed by atoms with van der Waals surface area (Å²) in [5.74, 6) is -1.68. The number of hydrazine groups is 1. The van der Waals surface area contributed by atoms with E-state index in [0.29, 0.717) is 5.56 Å². The summed E-state index contributed by atoms with van der Waals surface area (Å²) >= 11 is 0. The van der Waals surface area contributed by atoms with Gasteiger partial charge >= 0.3 is 6.09 Å². The lowest BCUT2D eigenvalue weighted by Crippen LogP contribution is -2.60. The van der Waals surface area contributed by atoms with Crippen molar-refractivity contribution in [2.75, 3.05) is 7.05 Å². The molecule has 0 bridgehead atoms. The van der Waals surface area contributed by atoms with Crippen molar-refractivity contribution in [3.63, 3.8) is 0 Å². The number of likely N-dealkylation sites (N-methyl/N-ethyl adjacent to an activating group) is 1. The Morgan fingerprint density at radius 2 is 1.61 bits per heavy atom. The topological polar surface area (TPSA) is 113 Å². The molecule has 1 heterocycles. The molecule has 0 aliphatic carbocycles. The molecular formula is C27H27N3O6. The minimum absolute atomic E-state index is 0.128. The lowest BCUT2D eigenvalue weighted by Gasteiger charge is -2.44. The summed E-state index contributed by atoms with van der Waals surface area (Å²) in [6.07, 6.45) is -2.57. The second-order valence-corrected chi connectivity index (χ2v) is 8.77. The molecule has 0 saturated carbocycles. The Bertz CT molecular complexity index is 1220. The molecule has 1 N–H and O–H groups in total. The summed E-state index contributed by atoms with van der Waals surface area (Å²) in [6.45, 7) is 1.85. The standard InChI is InChI=1S/C27H27N3O6/c1-18-25(21-11-7-4-8-12-21)36-27(33)29(28(18)2)26(32)23(17-19-9-5-3-6-10-19)24(31)20-13-15-22(16-14-20)30(34)35/h3-16,18,23-25,31H,17H2,1-2H3/t18-,23-,24+,25-/m0/s1. The van der Waals surface area contributed by atoms with Gasteiger partial charge in [0.1, 0.15) is 6.10 Å². The molecule has 3 aromatic rings. The van der Waals surface area contributed by atoms with E-state index in [0.717, 1.165) is 16.1 Å². The quantitative estimate of drug-likeness (QED) is 0.385. The molecule has 4 atom stereocenters. The van der Waals surface area contributed by atoms with Crippen LogP contribution < -0.4 is 0 Å². The summed E-state index contributed by atoms with van der Waals surface area (Å²) in [5, 5.41) is 24.8. The lowest BCUT2D eigenvalue weighted by atomic mass is 9.88. The third-order valence-corrected chi connectivity index (χ3v) is 6.52. The van der Waals surface area contributed by atoms with Gasteiger partial charge in [-0.3, -0.25) is 14.9 Å². The van der Waals surface area contributed by atoms with Crippen LogP contribution in [0.25, 0.3) is 0 Å². The number of amides is 2. The van der Waals surface area contributed by atoms with Crippen LogP contribution in [-0.2, 0) is 16.0 Å². The number of carbonyl (C=O) groups excluding carboxylic acids is 2. The molecule has 0 aromatic heterocycles. The van der Waals surface area contributed by atoms with Gasteiger partial charge in [0, 0.05) is 19.2 Å². The number of nitro groups is 1. The van der Waals surface area contributed by atoms with Crippen molar-refractivity contribution >= 4 is 17.7 Å². The fraction of sp³-hybridized carbons (Fsp3) is 0.259. The summed E-state index contributed by atoms with van der Waals surface area (Å²) in [4.78, 5) is 37.4. The van der Waals surface area contributed by atoms with Crippen LogP contribution >= 0.6 is 0 Å². The zero-order valence-corrected chi connectivity index (χ0v) is 19.9. The highest BCUT2D eigenvalue weighted by molar-refractivity contribution is 5.93. The molecule has 1 aliphatic heterocycles. The van der Waals surface area contributed by atoms with E-state index in [2.05, 4.69) is 0 Å². The summed E-state index contributed by atoms with van der Waals surface area (Å²) in [5.41, 5.74) is 1.80. The number of aliphatic hydroxyl groups is 1. The van der Waals surface area contributed by atoms with Gasteiger partial charge < -0.3 is 9.84 Å². The highest BCUT2D eigenvalue weighted by Crippen LogP contribution is 2.34. The number of aliphatic hydroxyl groups excluding tert-OH is 1. The average Bonchev–Trinajstić information content (AvgIpc) is 2.90.